The standard InChI is InChI=1S/C32H32O3P2/c1-32(2)30(36(34,26-15-7-3-8-16-26)27-17-9-4-10-18-27)23-25(33)24-31(32)37(35,28-19-11-5-12-20-28)29-21-13-6-14-22-29/h3-22,30-31H,23-24H2,1-2H3. The summed E-state index contributed by atoms with van der Waals surface area (Å²) in [5.74, 6) is 0.0218. The monoisotopic (exact) mass is 526 g/mol. The number of hydrogen-bond acceptors (Lipinski definition) is 3. The van der Waals surface area contributed by atoms with Crippen LogP contribution in [0.25, 0.3) is 0 Å². The molecule has 1 saturated carbocycles. The molecule has 0 aliphatic heterocycles. The molecule has 0 amide bonds. The lowest BCUT2D eigenvalue weighted by atomic mass is 9.76. The predicted octanol–water partition coefficient (Wildman–Crippen LogP) is 6.14. The third-order valence-electron chi connectivity index (χ3n) is 8.00. The molecular formula is C32H32O3P2. The molecule has 188 valence electrons. The quantitative estimate of drug-likeness (QED) is 0.284. The van der Waals surface area contributed by atoms with E-state index in [2.05, 4.69) is 13.8 Å². The minimum atomic E-state index is -3.29. The van der Waals surface area contributed by atoms with Crippen molar-refractivity contribution in [2.45, 2.75) is 38.0 Å². The van der Waals surface area contributed by atoms with Crippen LogP contribution in [0.5, 0.6) is 0 Å². The topological polar surface area (TPSA) is 51.2 Å². The number of carbonyl (C=O) groups is 1. The maximum Gasteiger partial charge on any atom is 0.147 e. The second-order valence-corrected chi connectivity index (χ2v) is 16.4. The Morgan fingerprint density at radius 2 is 0.757 bits per heavy atom. The van der Waals surface area contributed by atoms with E-state index in [1.807, 2.05) is 121 Å². The van der Waals surface area contributed by atoms with Crippen LogP contribution in [0, 0.1) is 5.41 Å². The van der Waals surface area contributed by atoms with E-state index in [1.165, 1.54) is 0 Å². The number of carbonyl (C=O) groups excluding carboxylic acids is 1. The first-order valence-electron chi connectivity index (χ1n) is 12.7. The Labute approximate surface area is 219 Å². The molecule has 1 fully saturated rings. The van der Waals surface area contributed by atoms with Gasteiger partial charge in [-0.3, -0.25) is 4.79 Å². The van der Waals surface area contributed by atoms with E-state index in [0.29, 0.717) is 0 Å². The molecule has 5 heteroatoms. The summed E-state index contributed by atoms with van der Waals surface area (Å²) in [6.45, 7) is 4.15. The van der Waals surface area contributed by atoms with Crippen LogP contribution in [0.15, 0.2) is 121 Å². The molecule has 5 rings (SSSR count). The molecule has 4 aromatic carbocycles. The molecule has 37 heavy (non-hydrogen) atoms. The zero-order chi connectivity index (χ0) is 26.1. The lowest BCUT2D eigenvalue weighted by Crippen LogP contribution is -2.51. The number of Topliss-reactive ketones (excluding diaryl/α,β-unsaturated/α-hetero) is 1. The van der Waals surface area contributed by atoms with E-state index in [9.17, 15) is 4.79 Å². The zero-order valence-electron chi connectivity index (χ0n) is 21.2. The molecule has 0 spiro atoms. The van der Waals surface area contributed by atoms with Gasteiger partial charge in [0.25, 0.3) is 0 Å². The van der Waals surface area contributed by atoms with Gasteiger partial charge in [0.1, 0.15) is 20.1 Å². The van der Waals surface area contributed by atoms with Gasteiger partial charge in [-0.05, 0) is 5.41 Å². The van der Waals surface area contributed by atoms with Crippen molar-refractivity contribution in [2.24, 2.45) is 5.41 Å². The second-order valence-electron chi connectivity index (χ2n) is 10.5. The Morgan fingerprint density at radius 1 is 0.514 bits per heavy atom. The molecule has 2 unspecified atom stereocenters. The van der Waals surface area contributed by atoms with Gasteiger partial charge < -0.3 is 9.13 Å². The molecule has 1 aliphatic rings. The van der Waals surface area contributed by atoms with Crippen molar-refractivity contribution in [2.75, 3.05) is 0 Å². The van der Waals surface area contributed by atoms with Crippen LogP contribution in [-0.4, -0.2) is 17.1 Å². The normalized spacial score (nSPS) is 19.9. The van der Waals surface area contributed by atoms with Crippen LogP contribution in [0.3, 0.4) is 0 Å². The lowest BCUT2D eigenvalue weighted by Gasteiger charge is -2.50. The van der Waals surface area contributed by atoms with Gasteiger partial charge in [0.15, 0.2) is 0 Å². The van der Waals surface area contributed by atoms with Gasteiger partial charge in [0, 0.05) is 45.4 Å². The van der Waals surface area contributed by atoms with Gasteiger partial charge in [0.05, 0.1) is 0 Å². The van der Waals surface area contributed by atoms with Gasteiger partial charge in [-0.15, -0.1) is 0 Å². The third kappa shape index (κ3) is 4.39. The van der Waals surface area contributed by atoms with E-state index < -0.39 is 31.0 Å². The molecule has 4 aromatic rings. The van der Waals surface area contributed by atoms with E-state index in [4.69, 9.17) is 0 Å². The summed E-state index contributed by atoms with van der Waals surface area (Å²) < 4.78 is 30.9. The Balaban J connectivity index is 1.75. The summed E-state index contributed by atoms with van der Waals surface area (Å²) >= 11 is 0. The van der Waals surface area contributed by atoms with Crippen molar-refractivity contribution < 1.29 is 13.9 Å². The number of rotatable bonds is 6. The molecule has 3 nitrogen and oxygen atoms in total. The molecule has 2 atom stereocenters. The SMILES string of the molecule is CC1(C)C(P(=O)(c2ccccc2)c2ccccc2)CC(=O)CC1P(=O)(c1ccccc1)c1ccccc1. The van der Waals surface area contributed by atoms with Gasteiger partial charge >= 0.3 is 0 Å². The molecular weight excluding hydrogens is 494 g/mol. The van der Waals surface area contributed by atoms with Crippen LogP contribution in [0.4, 0.5) is 0 Å². The molecule has 0 aromatic heterocycles. The highest BCUT2D eigenvalue weighted by Crippen LogP contribution is 2.66. The molecule has 0 bridgehead atoms. The van der Waals surface area contributed by atoms with Gasteiger partial charge in [-0.25, -0.2) is 0 Å². The number of benzene rings is 4. The van der Waals surface area contributed by atoms with E-state index in [-0.39, 0.29) is 18.6 Å². The number of ketones is 1. The van der Waals surface area contributed by atoms with Gasteiger partial charge in [0.2, 0.25) is 0 Å². The summed E-state index contributed by atoms with van der Waals surface area (Å²) in [4.78, 5) is 13.5. The lowest BCUT2D eigenvalue weighted by molar-refractivity contribution is -0.121. The summed E-state index contributed by atoms with van der Waals surface area (Å²) in [7, 11) is -6.58. The first-order valence-corrected chi connectivity index (χ1v) is 16.3. The molecule has 0 N–H and O–H groups in total. The largest absolute Gasteiger partial charge is 0.313 e. The highest BCUT2D eigenvalue weighted by Gasteiger charge is 2.58. The van der Waals surface area contributed by atoms with E-state index in [0.717, 1.165) is 21.2 Å². The fourth-order valence-corrected chi connectivity index (χ4v) is 13.8. The molecule has 0 radical (unpaired) electrons. The van der Waals surface area contributed by atoms with Gasteiger partial charge in [-0.2, -0.15) is 0 Å². The Hall–Kier alpha value is -2.99. The first-order chi connectivity index (χ1) is 17.8. The Morgan fingerprint density at radius 3 is 1.00 bits per heavy atom. The summed E-state index contributed by atoms with van der Waals surface area (Å²) in [5, 5.41) is 2.95. The van der Waals surface area contributed by atoms with E-state index >= 15 is 9.13 Å². The fourth-order valence-electron chi connectivity index (χ4n) is 6.07. The minimum absolute atomic E-state index is 0.0218. The van der Waals surface area contributed by atoms with Crippen molar-refractivity contribution in [3.8, 4) is 0 Å². The first kappa shape index (κ1) is 25.7. The van der Waals surface area contributed by atoms with Crippen molar-refractivity contribution in [1.82, 2.24) is 0 Å². The fraction of sp³-hybridized carbons (Fsp3) is 0.219. The highest BCUT2D eigenvalue weighted by molar-refractivity contribution is 7.80. The van der Waals surface area contributed by atoms with E-state index in [1.54, 1.807) is 0 Å². The van der Waals surface area contributed by atoms with Crippen LogP contribution in [0.1, 0.15) is 26.7 Å². The predicted molar refractivity (Wildman–Crippen MR) is 155 cm³/mol. The van der Waals surface area contributed by atoms with Crippen molar-refractivity contribution in [3.05, 3.63) is 121 Å². The number of hydrogen-bond donors (Lipinski definition) is 0. The molecule has 0 saturated heterocycles. The molecule has 0 heterocycles. The van der Waals surface area contributed by atoms with Crippen LogP contribution >= 0.6 is 14.3 Å². The average molecular weight is 527 g/mol. The van der Waals surface area contributed by atoms with Crippen LogP contribution in [-0.2, 0) is 13.9 Å². The smallest absolute Gasteiger partial charge is 0.147 e. The summed E-state index contributed by atoms with van der Waals surface area (Å²) in [5.41, 5.74) is -1.65. The minimum Gasteiger partial charge on any atom is -0.313 e. The summed E-state index contributed by atoms with van der Waals surface area (Å²) in [6.07, 6.45) is 0.405. The third-order valence-corrected chi connectivity index (χ3v) is 15.7. The Bertz CT molecular complexity index is 1270. The zero-order valence-corrected chi connectivity index (χ0v) is 23.0. The van der Waals surface area contributed by atoms with Crippen molar-refractivity contribution in [1.29, 1.82) is 0 Å². The van der Waals surface area contributed by atoms with Gasteiger partial charge in [-0.1, -0.05) is 135 Å². The summed E-state index contributed by atoms with van der Waals surface area (Å²) in [6, 6.07) is 38.1. The van der Waals surface area contributed by atoms with Crippen molar-refractivity contribution >= 4 is 41.3 Å². The molecule has 1 aliphatic carbocycles. The second kappa shape index (κ2) is 10.1. The average Bonchev–Trinajstić information content (AvgIpc) is 2.95. The maximum atomic E-state index is 15.4. The highest BCUT2D eigenvalue weighted by atomic mass is 31.2. The van der Waals surface area contributed by atoms with Crippen molar-refractivity contribution in [3.63, 3.8) is 0 Å². The Kier molecular flexibility index (Phi) is 6.97. The maximum absolute atomic E-state index is 15.4. The van der Waals surface area contributed by atoms with Crippen LogP contribution < -0.4 is 21.2 Å². The van der Waals surface area contributed by atoms with Crippen LogP contribution in [0.2, 0.25) is 0 Å².